The topological polar surface area (TPSA) is 88.2 Å². The van der Waals surface area contributed by atoms with Crippen molar-refractivity contribution in [3.8, 4) is 11.5 Å². The standard InChI is InChI=1S/C19H21F3N6OS/c1-3-5-15-27-17(29-28-15)13-7-4-6-12(8-13)9-24-18(23-2)25-10-16-26-14(11-30-16)19(20,21)22/h4,6-8,11H,3,5,9-10H2,1-2H3,(H2,23,24,25). The Balaban J connectivity index is 1.56. The van der Waals surface area contributed by atoms with Gasteiger partial charge in [0.2, 0.25) is 0 Å². The fraction of sp³-hybridized carbons (Fsp3) is 0.368. The van der Waals surface area contributed by atoms with Crippen molar-refractivity contribution in [1.82, 2.24) is 25.8 Å². The molecule has 0 aliphatic rings. The van der Waals surface area contributed by atoms with Crippen molar-refractivity contribution in [2.75, 3.05) is 7.05 Å². The number of rotatable bonds is 7. The van der Waals surface area contributed by atoms with E-state index in [0.717, 1.165) is 40.7 Å². The van der Waals surface area contributed by atoms with E-state index in [4.69, 9.17) is 4.52 Å². The van der Waals surface area contributed by atoms with Gasteiger partial charge >= 0.3 is 6.18 Å². The highest BCUT2D eigenvalue weighted by Gasteiger charge is 2.33. The number of aliphatic imine (C=N–C) groups is 1. The highest BCUT2D eigenvalue weighted by molar-refractivity contribution is 7.09. The van der Waals surface area contributed by atoms with E-state index < -0.39 is 11.9 Å². The monoisotopic (exact) mass is 438 g/mol. The molecule has 11 heteroatoms. The minimum absolute atomic E-state index is 0.142. The van der Waals surface area contributed by atoms with Gasteiger partial charge in [0, 0.05) is 31.0 Å². The number of aromatic nitrogens is 3. The van der Waals surface area contributed by atoms with Crippen LogP contribution >= 0.6 is 11.3 Å². The lowest BCUT2D eigenvalue weighted by molar-refractivity contribution is -0.140. The molecule has 0 saturated heterocycles. The van der Waals surface area contributed by atoms with Gasteiger partial charge in [-0.15, -0.1) is 11.3 Å². The van der Waals surface area contributed by atoms with Crippen LogP contribution in [0.1, 0.15) is 35.4 Å². The van der Waals surface area contributed by atoms with Gasteiger partial charge in [0.1, 0.15) is 5.01 Å². The Hall–Kier alpha value is -2.95. The number of aryl methyl sites for hydroxylation is 1. The van der Waals surface area contributed by atoms with Crippen LogP contribution in [0.4, 0.5) is 13.2 Å². The number of hydrogen-bond acceptors (Lipinski definition) is 6. The van der Waals surface area contributed by atoms with Crippen LogP contribution in [0.2, 0.25) is 0 Å². The zero-order chi connectivity index (χ0) is 21.6. The zero-order valence-electron chi connectivity index (χ0n) is 16.5. The highest BCUT2D eigenvalue weighted by atomic mass is 32.1. The molecule has 2 aromatic heterocycles. The number of hydrogen-bond donors (Lipinski definition) is 2. The van der Waals surface area contributed by atoms with E-state index >= 15 is 0 Å². The second-order valence-electron chi connectivity index (χ2n) is 6.37. The molecular weight excluding hydrogens is 417 g/mol. The molecule has 0 radical (unpaired) electrons. The second kappa shape index (κ2) is 9.70. The van der Waals surface area contributed by atoms with Crippen molar-refractivity contribution in [1.29, 1.82) is 0 Å². The third-order valence-electron chi connectivity index (χ3n) is 4.05. The first-order valence-corrected chi connectivity index (χ1v) is 10.1. The molecule has 2 heterocycles. The highest BCUT2D eigenvalue weighted by Crippen LogP contribution is 2.29. The van der Waals surface area contributed by atoms with Crippen molar-refractivity contribution in [3.63, 3.8) is 0 Å². The summed E-state index contributed by atoms with van der Waals surface area (Å²) in [5.74, 6) is 1.59. The molecule has 3 rings (SSSR count). The molecule has 1 aromatic carbocycles. The fourth-order valence-corrected chi connectivity index (χ4v) is 3.34. The molecule has 2 N–H and O–H groups in total. The summed E-state index contributed by atoms with van der Waals surface area (Å²) in [7, 11) is 1.59. The lowest BCUT2D eigenvalue weighted by Gasteiger charge is -2.11. The largest absolute Gasteiger partial charge is 0.434 e. The summed E-state index contributed by atoms with van der Waals surface area (Å²) in [5.41, 5.74) is 0.890. The lowest BCUT2D eigenvalue weighted by Crippen LogP contribution is -2.36. The number of thiazole rings is 1. The van der Waals surface area contributed by atoms with Gasteiger partial charge < -0.3 is 15.2 Å². The Labute approximate surface area is 175 Å². The summed E-state index contributed by atoms with van der Waals surface area (Å²) < 4.78 is 43.2. The lowest BCUT2D eigenvalue weighted by atomic mass is 10.1. The van der Waals surface area contributed by atoms with E-state index in [9.17, 15) is 13.2 Å². The van der Waals surface area contributed by atoms with Crippen LogP contribution in [0, 0.1) is 0 Å². The van der Waals surface area contributed by atoms with Gasteiger partial charge in [-0.1, -0.05) is 24.2 Å². The summed E-state index contributed by atoms with van der Waals surface area (Å²) in [4.78, 5) is 12.1. The first kappa shape index (κ1) is 21.8. The van der Waals surface area contributed by atoms with E-state index in [1.165, 1.54) is 0 Å². The van der Waals surface area contributed by atoms with Crippen LogP contribution in [-0.2, 0) is 25.7 Å². The van der Waals surface area contributed by atoms with E-state index in [1.807, 2.05) is 31.2 Å². The van der Waals surface area contributed by atoms with Crippen LogP contribution in [0.5, 0.6) is 0 Å². The minimum atomic E-state index is -4.44. The molecule has 0 aliphatic carbocycles. The Morgan fingerprint density at radius 1 is 1.20 bits per heavy atom. The molecule has 0 fully saturated rings. The smallest absolute Gasteiger partial charge is 0.352 e. The summed E-state index contributed by atoms with van der Waals surface area (Å²) in [6, 6.07) is 7.64. The number of benzene rings is 1. The van der Waals surface area contributed by atoms with Crippen LogP contribution in [0.25, 0.3) is 11.5 Å². The van der Waals surface area contributed by atoms with Crippen molar-refractivity contribution in [2.24, 2.45) is 4.99 Å². The van der Waals surface area contributed by atoms with E-state index in [2.05, 4.69) is 30.8 Å². The molecule has 0 atom stereocenters. The molecule has 0 bridgehead atoms. The van der Waals surface area contributed by atoms with Gasteiger partial charge in [0.05, 0.1) is 6.54 Å². The fourth-order valence-electron chi connectivity index (χ4n) is 2.60. The third kappa shape index (κ3) is 5.78. The van der Waals surface area contributed by atoms with Crippen molar-refractivity contribution in [3.05, 3.63) is 51.7 Å². The summed E-state index contributed by atoms with van der Waals surface area (Å²) in [6.07, 6.45) is -2.74. The minimum Gasteiger partial charge on any atom is -0.352 e. The molecule has 7 nitrogen and oxygen atoms in total. The van der Waals surface area contributed by atoms with Crippen LogP contribution in [0.3, 0.4) is 0 Å². The Morgan fingerprint density at radius 3 is 2.70 bits per heavy atom. The van der Waals surface area contributed by atoms with Crippen molar-refractivity contribution >= 4 is 17.3 Å². The molecule has 0 spiro atoms. The van der Waals surface area contributed by atoms with Gasteiger partial charge in [0.15, 0.2) is 17.5 Å². The van der Waals surface area contributed by atoms with Gasteiger partial charge in [0.25, 0.3) is 5.89 Å². The maximum atomic E-state index is 12.6. The molecule has 0 unspecified atom stereocenters. The summed E-state index contributed by atoms with van der Waals surface area (Å²) >= 11 is 0.949. The van der Waals surface area contributed by atoms with Gasteiger partial charge in [-0.25, -0.2) is 4.98 Å². The number of nitrogens with one attached hydrogen (secondary N) is 2. The molecular formula is C19H21F3N6OS. The first-order valence-electron chi connectivity index (χ1n) is 9.27. The molecule has 0 aliphatic heterocycles. The summed E-state index contributed by atoms with van der Waals surface area (Å²) in [5, 5.41) is 11.4. The maximum Gasteiger partial charge on any atom is 0.434 e. The zero-order valence-corrected chi connectivity index (χ0v) is 17.3. The van der Waals surface area contributed by atoms with Crippen LogP contribution in [0.15, 0.2) is 39.2 Å². The average molecular weight is 438 g/mol. The Kier molecular flexibility index (Phi) is 7.03. The van der Waals surface area contributed by atoms with Crippen LogP contribution in [-0.4, -0.2) is 28.1 Å². The molecule has 30 heavy (non-hydrogen) atoms. The number of nitrogens with zero attached hydrogens (tertiary/aromatic N) is 4. The van der Waals surface area contributed by atoms with E-state index in [1.54, 1.807) is 7.05 Å². The normalized spacial score (nSPS) is 12.2. The molecule has 0 amide bonds. The van der Waals surface area contributed by atoms with Gasteiger partial charge in [-0.05, 0) is 24.1 Å². The molecule has 160 valence electrons. The van der Waals surface area contributed by atoms with Crippen LogP contribution < -0.4 is 10.6 Å². The average Bonchev–Trinajstić information content (AvgIpc) is 3.38. The Morgan fingerprint density at radius 2 is 2.00 bits per heavy atom. The quantitative estimate of drug-likeness (QED) is 0.428. The van der Waals surface area contributed by atoms with Crippen molar-refractivity contribution in [2.45, 2.75) is 39.0 Å². The predicted octanol–water partition coefficient (Wildman–Crippen LogP) is 4.03. The predicted molar refractivity (Wildman–Crippen MR) is 108 cm³/mol. The summed E-state index contributed by atoms with van der Waals surface area (Å²) in [6.45, 7) is 2.64. The first-order chi connectivity index (χ1) is 14.4. The number of guanidine groups is 1. The second-order valence-corrected chi connectivity index (χ2v) is 7.31. The van der Waals surface area contributed by atoms with E-state index in [0.29, 0.717) is 29.2 Å². The van der Waals surface area contributed by atoms with E-state index in [-0.39, 0.29) is 6.54 Å². The number of halogens is 3. The number of alkyl halides is 3. The Bertz CT molecular complexity index is 998. The molecule has 0 saturated carbocycles. The van der Waals surface area contributed by atoms with Crippen molar-refractivity contribution < 1.29 is 17.7 Å². The van der Waals surface area contributed by atoms with Gasteiger partial charge in [-0.2, -0.15) is 18.2 Å². The maximum absolute atomic E-state index is 12.6. The third-order valence-corrected chi connectivity index (χ3v) is 4.90. The molecule has 3 aromatic rings. The van der Waals surface area contributed by atoms with Gasteiger partial charge in [-0.3, -0.25) is 4.99 Å². The SMILES string of the molecule is CCCc1noc(-c2cccc(CNC(=NC)NCc3nc(C(F)(F)F)cs3)c2)n1.